The Kier molecular flexibility index (Phi) is 9.64. The Bertz CT molecular complexity index is 1430. The van der Waals surface area contributed by atoms with Crippen LogP contribution in [0.2, 0.25) is 0 Å². The average Bonchev–Trinajstić information content (AvgIpc) is 2.83. The number of anilines is 1. The number of amides is 1. The number of halogens is 6. The molecular formula is C25H20F6N2O6. The van der Waals surface area contributed by atoms with Crippen LogP contribution in [0.25, 0.3) is 5.69 Å². The highest BCUT2D eigenvalue weighted by atomic mass is 19.4. The fourth-order valence-corrected chi connectivity index (χ4v) is 3.12. The number of pyridine rings is 1. The van der Waals surface area contributed by atoms with Gasteiger partial charge in [-0.3, -0.25) is 19.0 Å². The molecule has 14 heteroatoms. The van der Waals surface area contributed by atoms with Crippen LogP contribution in [0.1, 0.15) is 33.6 Å². The van der Waals surface area contributed by atoms with Gasteiger partial charge in [-0.25, -0.2) is 4.79 Å². The number of aromatic carboxylic acids is 1. The lowest BCUT2D eigenvalue weighted by atomic mass is 10.1. The SMILES string of the molecule is COC(=O)CC(=O)Nc1cccc(C(F)(F)F)c1.Cc1ccc(C(=O)O)c(=O)n1-c1cccc(C(F)(F)F)c1. The van der Waals surface area contributed by atoms with Gasteiger partial charge >= 0.3 is 24.3 Å². The molecule has 0 saturated heterocycles. The Balaban J connectivity index is 0.000000277. The van der Waals surface area contributed by atoms with Crippen LogP contribution < -0.4 is 10.9 Å². The van der Waals surface area contributed by atoms with Crippen molar-refractivity contribution in [3.8, 4) is 5.69 Å². The van der Waals surface area contributed by atoms with Crippen LogP contribution in [0.3, 0.4) is 0 Å². The lowest BCUT2D eigenvalue weighted by Crippen LogP contribution is -2.26. The van der Waals surface area contributed by atoms with Gasteiger partial charge in [0.05, 0.1) is 18.2 Å². The number of esters is 1. The van der Waals surface area contributed by atoms with Crippen LogP contribution >= 0.6 is 0 Å². The molecule has 0 unspecified atom stereocenters. The van der Waals surface area contributed by atoms with Gasteiger partial charge in [0.2, 0.25) is 5.91 Å². The van der Waals surface area contributed by atoms with Gasteiger partial charge in [0.1, 0.15) is 12.0 Å². The van der Waals surface area contributed by atoms with E-state index in [4.69, 9.17) is 5.11 Å². The van der Waals surface area contributed by atoms with Gasteiger partial charge in [-0.1, -0.05) is 12.1 Å². The van der Waals surface area contributed by atoms with Gasteiger partial charge in [-0.2, -0.15) is 26.3 Å². The number of carbonyl (C=O) groups is 3. The minimum absolute atomic E-state index is 0.0290. The van der Waals surface area contributed by atoms with E-state index in [1.165, 1.54) is 25.1 Å². The molecule has 0 bridgehead atoms. The van der Waals surface area contributed by atoms with Crippen LogP contribution in [-0.4, -0.2) is 34.6 Å². The van der Waals surface area contributed by atoms with E-state index in [0.29, 0.717) is 5.69 Å². The van der Waals surface area contributed by atoms with E-state index >= 15 is 0 Å². The van der Waals surface area contributed by atoms with Crippen molar-refractivity contribution in [2.24, 2.45) is 0 Å². The van der Waals surface area contributed by atoms with E-state index in [9.17, 15) is 45.5 Å². The molecule has 0 spiro atoms. The van der Waals surface area contributed by atoms with Crippen molar-refractivity contribution < 1.29 is 50.6 Å². The number of ether oxygens (including phenoxy) is 1. The molecule has 39 heavy (non-hydrogen) atoms. The van der Waals surface area contributed by atoms with Crippen molar-refractivity contribution in [1.82, 2.24) is 4.57 Å². The fourth-order valence-electron chi connectivity index (χ4n) is 3.12. The molecule has 0 aliphatic heterocycles. The third kappa shape index (κ3) is 8.45. The number of aryl methyl sites for hydroxylation is 1. The number of carboxylic acid groups (broad SMARTS) is 1. The summed E-state index contributed by atoms with van der Waals surface area (Å²) in [4.78, 5) is 45.1. The van der Waals surface area contributed by atoms with Crippen molar-refractivity contribution in [2.45, 2.75) is 25.7 Å². The maximum atomic E-state index is 12.7. The molecule has 0 atom stereocenters. The zero-order valence-corrected chi connectivity index (χ0v) is 20.2. The van der Waals surface area contributed by atoms with E-state index in [1.54, 1.807) is 0 Å². The molecule has 208 valence electrons. The number of hydrogen-bond donors (Lipinski definition) is 2. The molecule has 3 aromatic rings. The van der Waals surface area contributed by atoms with Gasteiger partial charge in [0.15, 0.2) is 0 Å². The molecule has 1 heterocycles. The normalized spacial score (nSPS) is 11.2. The number of hydrogen-bond acceptors (Lipinski definition) is 5. The molecule has 0 fully saturated rings. The van der Waals surface area contributed by atoms with E-state index in [2.05, 4.69) is 10.1 Å². The number of aromatic nitrogens is 1. The molecule has 2 N–H and O–H groups in total. The van der Waals surface area contributed by atoms with Gasteiger partial charge in [-0.15, -0.1) is 0 Å². The molecule has 2 aromatic carbocycles. The maximum absolute atomic E-state index is 12.7. The Labute approximate surface area is 216 Å². The second-order valence-electron chi connectivity index (χ2n) is 7.76. The van der Waals surface area contributed by atoms with Gasteiger partial charge < -0.3 is 15.2 Å². The van der Waals surface area contributed by atoms with E-state index in [0.717, 1.165) is 54.1 Å². The lowest BCUT2D eigenvalue weighted by molar-refractivity contribution is -0.143. The molecule has 8 nitrogen and oxygen atoms in total. The molecule has 0 aliphatic carbocycles. The molecule has 1 aromatic heterocycles. The number of methoxy groups -OCH3 is 1. The third-order valence-electron chi connectivity index (χ3n) is 4.95. The monoisotopic (exact) mass is 558 g/mol. The first kappa shape index (κ1) is 30.6. The van der Waals surface area contributed by atoms with Crippen LogP contribution in [0.5, 0.6) is 0 Å². The summed E-state index contributed by atoms with van der Waals surface area (Å²) in [6, 6.07) is 10.8. The summed E-state index contributed by atoms with van der Waals surface area (Å²) in [7, 11) is 1.11. The maximum Gasteiger partial charge on any atom is 0.416 e. The number of benzene rings is 2. The predicted molar refractivity (Wildman–Crippen MR) is 125 cm³/mol. The van der Waals surface area contributed by atoms with Crippen molar-refractivity contribution in [3.63, 3.8) is 0 Å². The lowest BCUT2D eigenvalue weighted by Gasteiger charge is -2.13. The largest absolute Gasteiger partial charge is 0.477 e. The first-order valence-electron chi connectivity index (χ1n) is 10.7. The molecule has 0 saturated carbocycles. The van der Waals surface area contributed by atoms with Crippen LogP contribution in [-0.2, 0) is 26.7 Å². The van der Waals surface area contributed by atoms with Crippen molar-refractivity contribution >= 4 is 23.5 Å². The van der Waals surface area contributed by atoms with Crippen molar-refractivity contribution in [2.75, 3.05) is 12.4 Å². The molecule has 3 rings (SSSR count). The summed E-state index contributed by atoms with van der Waals surface area (Å²) in [5.41, 5.74) is -2.89. The van der Waals surface area contributed by atoms with E-state index in [-0.39, 0.29) is 11.4 Å². The summed E-state index contributed by atoms with van der Waals surface area (Å²) >= 11 is 0. The number of alkyl halides is 6. The standard InChI is InChI=1S/C14H10F3NO3.C11H10F3NO3/c1-8-5-6-11(13(20)21)12(19)18(8)10-4-2-3-9(7-10)14(15,16)17;1-18-10(17)6-9(16)15-8-4-2-3-7(5-8)11(12,13)14/h2-7H,1H3,(H,20,21);2-5H,6H2,1H3,(H,15,16). The highest BCUT2D eigenvalue weighted by Gasteiger charge is 2.31. The Morgan fingerprint density at radius 1 is 0.897 bits per heavy atom. The second kappa shape index (κ2) is 12.3. The Morgan fingerprint density at radius 3 is 2.00 bits per heavy atom. The van der Waals surface area contributed by atoms with Crippen molar-refractivity contribution in [1.29, 1.82) is 0 Å². The molecule has 0 radical (unpaired) electrons. The minimum atomic E-state index is -4.54. The van der Waals surface area contributed by atoms with Crippen LogP contribution in [0, 0.1) is 6.92 Å². The summed E-state index contributed by atoms with van der Waals surface area (Å²) < 4.78 is 80.5. The summed E-state index contributed by atoms with van der Waals surface area (Å²) in [6.07, 6.45) is -9.58. The summed E-state index contributed by atoms with van der Waals surface area (Å²) in [5.74, 6) is -2.93. The van der Waals surface area contributed by atoms with E-state index in [1.807, 2.05) is 0 Å². The van der Waals surface area contributed by atoms with Gasteiger partial charge in [-0.05, 0) is 55.5 Å². The smallest absolute Gasteiger partial charge is 0.416 e. The van der Waals surface area contributed by atoms with Gasteiger partial charge in [0, 0.05) is 17.1 Å². The first-order chi connectivity index (χ1) is 18.0. The van der Waals surface area contributed by atoms with Crippen LogP contribution in [0.4, 0.5) is 32.0 Å². The number of nitrogens with zero attached hydrogens (tertiary/aromatic N) is 1. The summed E-state index contributed by atoms with van der Waals surface area (Å²) in [6.45, 7) is 1.51. The highest BCUT2D eigenvalue weighted by Crippen LogP contribution is 2.31. The summed E-state index contributed by atoms with van der Waals surface area (Å²) in [5, 5.41) is 11.1. The number of carbonyl (C=O) groups excluding carboxylic acids is 2. The zero-order chi connectivity index (χ0) is 29.5. The van der Waals surface area contributed by atoms with Crippen LogP contribution in [0.15, 0.2) is 65.5 Å². The highest BCUT2D eigenvalue weighted by molar-refractivity contribution is 6.01. The number of nitrogens with one attached hydrogen (secondary N) is 1. The fraction of sp³-hybridized carbons (Fsp3) is 0.200. The Hall–Kier alpha value is -4.62. The molecule has 1 amide bonds. The topological polar surface area (TPSA) is 115 Å². The molecular weight excluding hydrogens is 538 g/mol. The second-order valence-corrected chi connectivity index (χ2v) is 7.76. The number of rotatable bonds is 5. The third-order valence-corrected chi connectivity index (χ3v) is 4.95. The van der Waals surface area contributed by atoms with Crippen molar-refractivity contribution in [3.05, 3.63) is 93.4 Å². The first-order valence-corrected chi connectivity index (χ1v) is 10.7. The Morgan fingerprint density at radius 2 is 1.46 bits per heavy atom. The number of carboxylic acids is 1. The van der Waals surface area contributed by atoms with Gasteiger partial charge in [0.25, 0.3) is 5.56 Å². The predicted octanol–water partition coefficient (Wildman–Crippen LogP) is 5.07. The quantitative estimate of drug-likeness (QED) is 0.257. The molecule has 0 aliphatic rings. The minimum Gasteiger partial charge on any atom is -0.477 e. The zero-order valence-electron chi connectivity index (χ0n) is 20.2. The average molecular weight is 558 g/mol. The van der Waals surface area contributed by atoms with E-state index < -0.39 is 58.9 Å².